The lowest BCUT2D eigenvalue weighted by molar-refractivity contribution is -0.117. The smallest absolute Gasteiger partial charge is 0.292 e. The largest absolute Gasteiger partial charge is 0.491 e. The minimum atomic E-state index is -3.03. The van der Waals surface area contributed by atoms with Crippen LogP contribution in [0, 0.1) is 0 Å². The molecule has 1 amide bonds. The third-order valence-electron chi connectivity index (χ3n) is 3.06. The molecule has 23 heavy (non-hydrogen) atoms. The highest BCUT2D eigenvalue weighted by atomic mass is 19.3. The zero-order valence-electron chi connectivity index (χ0n) is 13.6. The molecule has 1 aromatic heterocycles. The van der Waals surface area contributed by atoms with Gasteiger partial charge in [-0.2, -0.15) is 0 Å². The molecule has 0 atom stereocenters. The zero-order valence-corrected chi connectivity index (χ0v) is 13.6. The molecule has 0 radical (unpaired) electrons. The molecule has 0 saturated heterocycles. The first-order valence-electron chi connectivity index (χ1n) is 6.70. The second-order valence-electron chi connectivity index (χ2n) is 4.79. The molecule has 8 heteroatoms. The van der Waals surface area contributed by atoms with Crippen molar-refractivity contribution in [2.45, 2.75) is 26.1 Å². The summed E-state index contributed by atoms with van der Waals surface area (Å²) in [6.07, 6.45) is 0.424. The number of carbonyl (C=O) groups excluding carboxylic acids is 1. The van der Waals surface area contributed by atoms with Gasteiger partial charge in [-0.3, -0.25) is 4.79 Å². The SMILES string of the molecule is CO/C(C(=O)Nc1cc(C(C)(F)F)ccn1)=C(/C)C(OC)OC. The van der Waals surface area contributed by atoms with E-state index in [1.54, 1.807) is 6.92 Å². The molecule has 6 nitrogen and oxygen atoms in total. The van der Waals surface area contributed by atoms with Crippen molar-refractivity contribution < 1.29 is 27.8 Å². The van der Waals surface area contributed by atoms with Crippen molar-refractivity contribution in [3.05, 3.63) is 35.2 Å². The molecule has 0 aromatic carbocycles. The molecule has 0 unspecified atom stereocenters. The van der Waals surface area contributed by atoms with E-state index < -0.39 is 18.1 Å². The Labute approximate surface area is 133 Å². The lowest BCUT2D eigenvalue weighted by atomic mass is 10.1. The third-order valence-corrected chi connectivity index (χ3v) is 3.06. The molecule has 1 heterocycles. The number of nitrogens with zero attached hydrogens (tertiary/aromatic N) is 1. The highest BCUT2D eigenvalue weighted by molar-refractivity contribution is 6.02. The van der Waals surface area contributed by atoms with E-state index in [0.29, 0.717) is 5.57 Å². The van der Waals surface area contributed by atoms with Gasteiger partial charge in [-0.25, -0.2) is 13.8 Å². The number of amides is 1. The van der Waals surface area contributed by atoms with E-state index in [9.17, 15) is 13.6 Å². The van der Waals surface area contributed by atoms with Gasteiger partial charge >= 0.3 is 0 Å². The Bertz CT molecular complexity index is 581. The number of methoxy groups -OCH3 is 3. The van der Waals surface area contributed by atoms with Crippen molar-refractivity contribution in [3.8, 4) is 0 Å². The van der Waals surface area contributed by atoms with Crippen LogP contribution in [0.4, 0.5) is 14.6 Å². The number of carbonyl (C=O) groups is 1. The van der Waals surface area contributed by atoms with Gasteiger partial charge in [0, 0.05) is 38.5 Å². The molecular weight excluding hydrogens is 310 g/mol. The van der Waals surface area contributed by atoms with Crippen LogP contribution in [-0.4, -0.2) is 38.5 Å². The van der Waals surface area contributed by atoms with Crippen LogP contribution in [0.15, 0.2) is 29.7 Å². The standard InChI is InChI=1S/C15H20F2N2O4/c1-9(14(22-4)23-5)12(21-3)13(20)19-11-8-10(6-7-18-11)15(2,16)17/h6-8,14H,1-5H3,(H,18,19,20)/b12-9-. The lowest BCUT2D eigenvalue weighted by Crippen LogP contribution is -2.23. The predicted molar refractivity (Wildman–Crippen MR) is 79.9 cm³/mol. The molecule has 0 aliphatic heterocycles. The average Bonchev–Trinajstić information content (AvgIpc) is 2.48. The molecule has 0 fully saturated rings. The van der Waals surface area contributed by atoms with Gasteiger partial charge in [-0.1, -0.05) is 0 Å². The highest BCUT2D eigenvalue weighted by Gasteiger charge is 2.25. The highest BCUT2D eigenvalue weighted by Crippen LogP contribution is 2.27. The number of nitrogens with one attached hydrogen (secondary N) is 1. The van der Waals surface area contributed by atoms with Crippen LogP contribution in [0.1, 0.15) is 19.4 Å². The lowest BCUT2D eigenvalue weighted by Gasteiger charge is -2.18. The van der Waals surface area contributed by atoms with Crippen molar-refractivity contribution in [1.82, 2.24) is 4.98 Å². The summed E-state index contributed by atoms with van der Waals surface area (Å²) >= 11 is 0. The first-order valence-corrected chi connectivity index (χ1v) is 6.70. The summed E-state index contributed by atoms with van der Waals surface area (Å²) in [5, 5.41) is 2.41. The fourth-order valence-electron chi connectivity index (χ4n) is 1.93. The topological polar surface area (TPSA) is 69.7 Å². The van der Waals surface area contributed by atoms with Crippen LogP contribution in [0.2, 0.25) is 0 Å². The van der Waals surface area contributed by atoms with E-state index in [1.165, 1.54) is 33.6 Å². The first-order chi connectivity index (χ1) is 10.7. The number of halogens is 2. The maximum atomic E-state index is 13.3. The number of anilines is 1. The molecule has 0 saturated carbocycles. The van der Waals surface area contributed by atoms with Crippen LogP contribution < -0.4 is 5.32 Å². The first kappa shape index (κ1) is 19.0. The molecule has 0 aliphatic carbocycles. The van der Waals surface area contributed by atoms with Crippen LogP contribution in [0.25, 0.3) is 0 Å². The molecule has 1 aromatic rings. The van der Waals surface area contributed by atoms with Gasteiger partial charge in [-0.15, -0.1) is 0 Å². The molecule has 1 rings (SSSR count). The number of pyridine rings is 1. The summed E-state index contributed by atoms with van der Waals surface area (Å²) in [7, 11) is 4.14. The summed E-state index contributed by atoms with van der Waals surface area (Å²) in [5.41, 5.74) is 0.140. The third kappa shape index (κ3) is 4.97. The minimum Gasteiger partial charge on any atom is -0.491 e. The van der Waals surface area contributed by atoms with E-state index in [4.69, 9.17) is 14.2 Å². The van der Waals surface area contributed by atoms with Gasteiger partial charge < -0.3 is 19.5 Å². The van der Waals surface area contributed by atoms with E-state index in [-0.39, 0.29) is 17.1 Å². The number of hydrogen-bond acceptors (Lipinski definition) is 5. The zero-order chi connectivity index (χ0) is 17.6. The minimum absolute atomic E-state index is 0.0113. The van der Waals surface area contributed by atoms with E-state index in [0.717, 1.165) is 13.0 Å². The molecule has 128 valence electrons. The Balaban J connectivity index is 3.04. The molecule has 0 bridgehead atoms. The number of aromatic nitrogens is 1. The molecule has 1 N–H and O–H groups in total. The fourth-order valence-corrected chi connectivity index (χ4v) is 1.93. The van der Waals surface area contributed by atoms with Gasteiger partial charge in [0.15, 0.2) is 12.0 Å². The fraction of sp³-hybridized carbons (Fsp3) is 0.467. The second-order valence-corrected chi connectivity index (χ2v) is 4.79. The van der Waals surface area contributed by atoms with Crippen molar-refractivity contribution >= 4 is 11.7 Å². The maximum absolute atomic E-state index is 13.3. The van der Waals surface area contributed by atoms with Gasteiger partial charge in [0.25, 0.3) is 11.8 Å². The summed E-state index contributed by atoms with van der Waals surface area (Å²) in [6, 6.07) is 2.28. The Morgan fingerprint density at radius 1 is 1.30 bits per heavy atom. The summed E-state index contributed by atoms with van der Waals surface area (Å²) in [4.78, 5) is 16.1. The molecule has 0 aliphatic rings. The van der Waals surface area contributed by atoms with E-state index in [1.807, 2.05) is 0 Å². The van der Waals surface area contributed by atoms with Crippen molar-refractivity contribution in [3.63, 3.8) is 0 Å². The second kappa shape index (κ2) is 7.98. The summed E-state index contributed by atoms with van der Waals surface area (Å²) in [5.74, 6) is -3.74. The van der Waals surface area contributed by atoms with Gasteiger partial charge in [0.2, 0.25) is 0 Å². The van der Waals surface area contributed by atoms with Crippen LogP contribution in [0.5, 0.6) is 0 Å². The Morgan fingerprint density at radius 3 is 2.39 bits per heavy atom. The molecule has 0 spiro atoms. The van der Waals surface area contributed by atoms with Crippen LogP contribution in [-0.2, 0) is 24.9 Å². The van der Waals surface area contributed by atoms with Crippen molar-refractivity contribution in [2.24, 2.45) is 0 Å². The van der Waals surface area contributed by atoms with Gasteiger partial charge in [-0.05, 0) is 19.1 Å². The van der Waals surface area contributed by atoms with Crippen molar-refractivity contribution in [2.75, 3.05) is 26.6 Å². The Morgan fingerprint density at radius 2 is 1.91 bits per heavy atom. The monoisotopic (exact) mass is 330 g/mol. The predicted octanol–water partition coefficient (Wildman–Crippen LogP) is 2.67. The maximum Gasteiger partial charge on any atom is 0.292 e. The average molecular weight is 330 g/mol. The number of alkyl halides is 2. The van der Waals surface area contributed by atoms with Crippen molar-refractivity contribution in [1.29, 1.82) is 0 Å². The summed E-state index contributed by atoms with van der Waals surface area (Å²) in [6.45, 7) is 2.36. The van der Waals surface area contributed by atoms with Gasteiger partial charge in [0.05, 0.1) is 7.11 Å². The quantitative estimate of drug-likeness (QED) is 0.473. The summed E-state index contributed by atoms with van der Waals surface area (Å²) < 4.78 is 41.8. The number of ether oxygens (including phenoxy) is 3. The normalized spacial score (nSPS) is 12.9. The van der Waals surface area contributed by atoms with E-state index in [2.05, 4.69) is 10.3 Å². The Kier molecular flexibility index (Phi) is 6.59. The van der Waals surface area contributed by atoms with E-state index >= 15 is 0 Å². The number of rotatable bonds is 7. The molecular formula is C15H20F2N2O4. The van der Waals surface area contributed by atoms with Crippen LogP contribution in [0.3, 0.4) is 0 Å². The number of hydrogen-bond donors (Lipinski definition) is 1. The Hall–Kier alpha value is -2.06. The van der Waals surface area contributed by atoms with Crippen LogP contribution >= 0.6 is 0 Å². The van der Waals surface area contributed by atoms with Gasteiger partial charge in [0.1, 0.15) is 5.82 Å².